The van der Waals surface area contributed by atoms with E-state index >= 15 is 0 Å². The van der Waals surface area contributed by atoms with Gasteiger partial charge in [-0.05, 0) is 38.5 Å². The topological polar surface area (TPSA) is 66.4 Å². The monoisotopic (exact) mass is 381 g/mol. The van der Waals surface area contributed by atoms with Gasteiger partial charge in [-0.15, -0.1) is 0 Å². The Morgan fingerprint density at radius 1 is 0.963 bits per heavy atom. The normalized spacial score (nSPS) is 13.3. The van der Waals surface area contributed by atoms with E-state index in [1.807, 2.05) is 21.1 Å². The summed E-state index contributed by atoms with van der Waals surface area (Å²) < 4.78 is 5.87. The Hall–Kier alpha value is -1.62. The fourth-order valence-corrected chi connectivity index (χ4v) is 2.74. The van der Waals surface area contributed by atoms with Crippen molar-refractivity contribution in [3.05, 3.63) is 24.3 Å². The quantitative estimate of drug-likeness (QED) is 0.178. The van der Waals surface area contributed by atoms with Crippen molar-refractivity contribution in [3.63, 3.8) is 0 Å². The Bertz CT molecular complexity index is 463. The highest BCUT2D eigenvalue weighted by Crippen LogP contribution is 2.09. The number of hydrogen-bond acceptors (Lipinski definition) is 4. The first kappa shape index (κ1) is 25.4. The van der Waals surface area contributed by atoms with Crippen molar-refractivity contribution in [1.29, 1.82) is 0 Å². The molecule has 156 valence electrons. The first-order valence-corrected chi connectivity index (χ1v) is 10.2. The molecule has 5 heteroatoms. The molecular weight excluding hydrogens is 342 g/mol. The maximum Gasteiger partial charge on any atom is 0.306 e. The molecule has 0 spiro atoms. The number of likely N-dealkylation sites (N-methyl/N-ethyl adjacent to an activating group) is 1. The van der Waals surface area contributed by atoms with Gasteiger partial charge in [0.15, 0.2) is 6.10 Å². The SMILES string of the molecule is CCCCC/C=C/C/C=C/CCCCC(=O)OC(CC(=O)[O-])C[N+](C)(C)C. The van der Waals surface area contributed by atoms with Crippen LogP contribution in [0.3, 0.4) is 0 Å². The first-order chi connectivity index (χ1) is 12.7. The number of hydrogen-bond donors (Lipinski definition) is 0. The first-order valence-electron chi connectivity index (χ1n) is 10.2. The smallest absolute Gasteiger partial charge is 0.306 e. The van der Waals surface area contributed by atoms with E-state index in [0.29, 0.717) is 17.4 Å². The van der Waals surface area contributed by atoms with Crippen LogP contribution < -0.4 is 5.11 Å². The average Bonchev–Trinajstić information content (AvgIpc) is 2.53. The lowest BCUT2D eigenvalue weighted by atomic mass is 10.1. The van der Waals surface area contributed by atoms with Crippen LogP contribution in [-0.2, 0) is 14.3 Å². The highest BCUT2D eigenvalue weighted by Gasteiger charge is 2.22. The molecule has 1 atom stereocenters. The number of allylic oxidation sites excluding steroid dienone is 4. The fourth-order valence-electron chi connectivity index (χ4n) is 2.74. The lowest BCUT2D eigenvalue weighted by Gasteiger charge is -2.29. The van der Waals surface area contributed by atoms with Crippen molar-refractivity contribution in [1.82, 2.24) is 0 Å². The number of esters is 1. The number of carbonyl (C=O) groups is 2. The Balaban J connectivity index is 3.88. The second-order valence-corrected chi connectivity index (χ2v) is 8.08. The van der Waals surface area contributed by atoms with Crippen molar-refractivity contribution >= 4 is 11.9 Å². The standard InChI is InChI=1S/C22H39NO4/c1-5-6-7-8-9-10-11-12-13-14-15-16-17-22(26)27-20(18-21(24)25)19-23(2,3)4/h9-10,12-13,20H,5-8,11,14-19H2,1-4H3/b10-9+,13-12+. The van der Waals surface area contributed by atoms with Crippen LogP contribution in [-0.4, -0.2) is 50.2 Å². The van der Waals surface area contributed by atoms with E-state index in [0.717, 1.165) is 32.1 Å². The summed E-state index contributed by atoms with van der Waals surface area (Å²) in [5, 5.41) is 10.8. The van der Waals surface area contributed by atoms with E-state index in [4.69, 9.17) is 4.74 Å². The van der Waals surface area contributed by atoms with Gasteiger partial charge in [0, 0.05) is 18.8 Å². The Labute approximate surface area is 165 Å². The molecule has 0 N–H and O–H groups in total. The number of aliphatic carboxylic acids is 1. The van der Waals surface area contributed by atoms with Gasteiger partial charge in [-0.1, -0.05) is 44.1 Å². The Morgan fingerprint density at radius 2 is 1.56 bits per heavy atom. The summed E-state index contributed by atoms with van der Waals surface area (Å²) in [6.45, 7) is 2.66. The summed E-state index contributed by atoms with van der Waals surface area (Å²) in [6.07, 6.45) is 16.8. The minimum atomic E-state index is -1.19. The summed E-state index contributed by atoms with van der Waals surface area (Å²) in [5.41, 5.74) is 0. The lowest BCUT2D eigenvalue weighted by molar-refractivity contribution is -0.873. The zero-order valence-corrected chi connectivity index (χ0v) is 17.7. The van der Waals surface area contributed by atoms with Gasteiger partial charge in [-0.25, -0.2) is 0 Å². The molecule has 0 saturated carbocycles. The zero-order chi connectivity index (χ0) is 20.5. The van der Waals surface area contributed by atoms with Gasteiger partial charge >= 0.3 is 5.97 Å². The molecule has 5 nitrogen and oxygen atoms in total. The van der Waals surface area contributed by atoms with Crippen LogP contribution in [0, 0.1) is 0 Å². The molecule has 0 amide bonds. The molecule has 0 aliphatic carbocycles. The number of rotatable bonds is 16. The molecule has 0 aliphatic rings. The van der Waals surface area contributed by atoms with Crippen molar-refractivity contribution < 1.29 is 23.9 Å². The van der Waals surface area contributed by atoms with Crippen molar-refractivity contribution in [2.45, 2.75) is 77.2 Å². The van der Waals surface area contributed by atoms with Gasteiger partial charge in [0.05, 0.1) is 21.1 Å². The number of nitrogens with zero attached hydrogens (tertiary/aromatic N) is 1. The number of quaternary nitrogens is 1. The Kier molecular flexibility index (Phi) is 14.5. The minimum Gasteiger partial charge on any atom is -0.550 e. The van der Waals surface area contributed by atoms with Gasteiger partial charge in [0.2, 0.25) is 0 Å². The lowest BCUT2D eigenvalue weighted by Crippen LogP contribution is -2.45. The van der Waals surface area contributed by atoms with Gasteiger partial charge in [-0.2, -0.15) is 0 Å². The van der Waals surface area contributed by atoms with Crippen LogP contribution >= 0.6 is 0 Å². The van der Waals surface area contributed by atoms with Crippen molar-refractivity contribution in [2.75, 3.05) is 27.7 Å². The number of unbranched alkanes of at least 4 members (excludes halogenated alkanes) is 5. The maximum atomic E-state index is 11.9. The Morgan fingerprint density at radius 3 is 2.07 bits per heavy atom. The van der Waals surface area contributed by atoms with Gasteiger partial charge in [0.25, 0.3) is 0 Å². The van der Waals surface area contributed by atoms with E-state index in [9.17, 15) is 14.7 Å². The van der Waals surface area contributed by atoms with Crippen LogP contribution in [0.15, 0.2) is 24.3 Å². The molecule has 0 heterocycles. The third kappa shape index (κ3) is 19.0. The second kappa shape index (κ2) is 15.4. The molecule has 0 aromatic rings. The van der Waals surface area contributed by atoms with Gasteiger partial charge in [-0.3, -0.25) is 4.79 Å². The highest BCUT2D eigenvalue weighted by molar-refractivity contribution is 5.70. The van der Waals surface area contributed by atoms with Crippen molar-refractivity contribution in [3.8, 4) is 0 Å². The number of carboxylic acids is 1. The third-order valence-corrected chi connectivity index (χ3v) is 4.03. The molecule has 1 unspecified atom stereocenters. The number of ether oxygens (including phenoxy) is 1. The van der Waals surface area contributed by atoms with E-state index in [1.165, 1.54) is 19.3 Å². The fraction of sp³-hybridized carbons (Fsp3) is 0.727. The van der Waals surface area contributed by atoms with Gasteiger partial charge in [0.1, 0.15) is 6.54 Å². The minimum absolute atomic E-state index is 0.254. The van der Waals surface area contributed by atoms with Gasteiger partial charge < -0.3 is 19.1 Å². The summed E-state index contributed by atoms with van der Waals surface area (Å²) in [6, 6.07) is 0. The molecule has 0 aliphatic heterocycles. The molecule has 0 saturated heterocycles. The zero-order valence-electron chi connectivity index (χ0n) is 17.7. The van der Waals surface area contributed by atoms with Crippen LogP contribution in [0.25, 0.3) is 0 Å². The van der Waals surface area contributed by atoms with Crippen LogP contribution in [0.4, 0.5) is 0 Å². The van der Waals surface area contributed by atoms with Crippen LogP contribution in [0.1, 0.15) is 71.1 Å². The van der Waals surface area contributed by atoms with Crippen LogP contribution in [0.5, 0.6) is 0 Å². The molecule has 0 rings (SSSR count). The molecule has 0 aromatic carbocycles. The molecule has 0 bridgehead atoms. The molecule has 27 heavy (non-hydrogen) atoms. The molecule has 0 aromatic heterocycles. The molecule has 0 radical (unpaired) electrons. The number of carboxylic acid groups (broad SMARTS) is 1. The number of carbonyl (C=O) groups excluding carboxylic acids is 2. The summed E-state index contributed by atoms with van der Waals surface area (Å²) in [7, 11) is 5.80. The average molecular weight is 382 g/mol. The van der Waals surface area contributed by atoms with E-state index < -0.39 is 12.1 Å². The predicted octanol–water partition coefficient (Wildman–Crippen LogP) is 3.39. The van der Waals surface area contributed by atoms with Crippen LogP contribution in [0.2, 0.25) is 0 Å². The van der Waals surface area contributed by atoms with E-state index in [-0.39, 0.29) is 12.4 Å². The predicted molar refractivity (Wildman–Crippen MR) is 108 cm³/mol. The summed E-state index contributed by atoms with van der Waals surface area (Å²) in [5.74, 6) is -1.51. The highest BCUT2D eigenvalue weighted by atomic mass is 16.5. The molecular formula is C22H39NO4. The van der Waals surface area contributed by atoms with E-state index in [1.54, 1.807) is 0 Å². The summed E-state index contributed by atoms with van der Waals surface area (Å²) in [4.78, 5) is 22.8. The largest absolute Gasteiger partial charge is 0.550 e. The third-order valence-electron chi connectivity index (χ3n) is 4.03. The summed E-state index contributed by atoms with van der Waals surface area (Å²) >= 11 is 0. The van der Waals surface area contributed by atoms with E-state index in [2.05, 4.69) is 31.2 Å². The maximum absolute atomic E-state index is 11.9. The van der Waals surface area contributed by atoms with Crippen molar-refractivity contribution in [2.24, 2.45) is 0 Å². The second-order valence-electron chi connectivity index (χ2n) is 8.08. The molecule has 0 fully saturated rings.